The molecule has 0 saturated heterocycles. The maximum absolute atomic E-state index is 12.2. The fraction of sp³-hybridized carbons (Fsp3) is 0. The first-order chi connectivity index (χ1) is 15.4. The highest BCUT2D eigenvalue weighted by Crippen LogP contribution is 2.22. The van der Waals surface area contributed by atoms with E-state index in [0.717, 1.165) is 6.07 Å². The summed E-state index contributed by atoms with van der Waals surface area (Å²) in [4.78, 5) is 38.9. The van der Waals surface area contributed by atoms with Gasteiger partial charge in [0.25, 0.3) is 5.69 Å². The van der Waals surface area contributed by atoms with Crippen LogP contribution in [-0.4, -0.2) is 22.8 Å². The molecule has 0 fully saturated rings. The summed E-state index contributed by atoms with van der Waals surface area (Å²) in [6.45, 7) is 0. The molecule has 0 unspecified atom stereocenters. The van der Waals surface area contributed by atoms with E-state index in [1.165, 1.54) is 36.4 Å². The largest absolute Gasteiger partial charge is 0.423 e. The fourth-order valence-electron chi connectivity index (χ4n) is 2.83. The molecule has 8 nitrogen and oxygen atoms in total. The Morgan fingerprint density at radius 2 is 1.78 bits per heavy atom. The summed E-state index contributed by atoms with van der Waals surface area (Å²) in [6.07, 6.45) is 1.54. The number of benzene rings is 3. The number of nitro benzene ring substituents is 1. The Bertz CT molecular complexity index is 1280. The number of carbonyl (C=O) groups excluding carboxylic acids is 2. The van der Waals surface area contributed by atoms with E-state index in [4.69, 9.17) is 21.1 Å². The lowest BCUT2D eigenvalue weighted by Gasteiger charge is -2.04. The third-order valence-electron chi connectivity index (χ3n) is 4.40. The zero-order chi connectivity index (χ0) is 22.7. The zero-order valence-electron chi connectivity index (χ0n) is 16.2. The first kappa shape index (κ1) is 21.0. The summed E-state index contributed by atoms with van der Waals surface area (Å²) in [5, 5.41) is 11.4. The number of carbonyl (C=O) groups is 2. The summed E-state index contributed by atoms with van der Waals surface area (Å²) in [6, 6.07) is 18.3. The van der Waals surface area contributed by atoms with Crippen molar-refractivity contribution in [3.8, 4) is 5.75 Å². The van der Waals surface area contributed by atoms with Crippen LogP contribution in [0.4, 0.5) is 5.69 Å². The van der Waals surface area contributed by atoms with E-state index in [1.54, 1.807) is 36.4 Å². The van der Waals surface area contributed by atoms with Crippen molar-refractivity contribution < 1.29 is 24.0 Å². The van der Waals surface area contributed by atoms with Crippen LogP contribution >= 0.6 is 11.6 Å². The minimum Gasteiger partial charge on any atom is -0.423 e. The maximum atomic E-state index is 12.2. The normalized spacial score (nSPS) is 14.1. The number of nitrogens with zero attached hydrogens (tertiary/aromatic N) is 2. The van der Waals surface area contributed by atoms with Crippen molar-refractivity contribution >= 4 is 41.2 Å². The molecular weight excluding hydrogens is 436 g/mol. The van der Waals surface area contributed by atoms with E-state index >= 15 is 0 Å². The Morgan fingerprint density at radius 3 is 2.47 bits per heavy atom. The van der Waals surface area contributed by atoms with Crippen molar-refractivity contribution in [3.63, 3.8) is 0 Å². The number of non-ortho nitro benzene ring substituents is 1. The fourth-order valence-corrected chi connectivity index (χ4v) is 2.95. The summed E-state index contributed by atoms with van der Waals surface area (Å²) in [5.74, 6) is -0.893. The molecule has 0 atom stereocenters. The number of rotatable bonds is 5. The van der Waals surface area contributed by atoms with E-state index in [1.807, 2.05) is 0 Å². The van der Waals surface area contributed by atoms with E-state index in [2.05, 4.69) is 4.99 Å². The molecule has 1 aliphatic heterocycles. The third kappa shape index (κ3) is 4.71. The predicted octanol–water partition coefficient (Wildman–Crippen LogP) is 4.81. The standard InChI is InChI=1S/C23H13ClN2O6/c24-17-8-6-15(7-9-17)21-25-20(23(28)32-21)12-14-4-10-19(11-5-14)31-22(27)16-2-1-3-18(13-16)26(29)30/h1-13H. The number of esters is 2. The minimum absolute atomic E-state index is 0.0585. The molecule has 3 aromatic carbocycles. The van der Waals surface area contributed by atoms with E-state index in [0.29, 0.717) is 16.1 Å². The number of cyclic esters (lactones) is 1. The first-order valence-corrected chi connectivity index (χ1v) is 9.62. The van der Waals surface area contributed by atoms with E-state index < -0.39 is 16.9 Å². The lowest BCUT2D eigenvalue weighted by molar-refractivity contribution is -0.384. The number of halogens is 1. The van der Waals surface area contributed by atoms with Crippen LogP contribution in [-0.2, 0) is 9.53 Å². The summed E-state index contributed by atoms with van der Waals surface area (Å²) in [7, 11) is 0. The molecule has 0 bridgehead atoms. The second kappa shape index (κ2) is 8.83. The monoisotopic (exact) mass is 448 g/mol. The lowest BCUT2D eigenvalue weighted by atomic mass is 10.2. The Labute approximate surface area is 186 Å². The summed E-state index contributed by atoms with van der Waals surface area (Å²) >= 11 is 5.86. The maximum Gasteiger partial charge on any atom is 0.363 e. The summed E-state index contributed by atoms with van der Waals surface area (Å²) < 4.78 is 10.5. The summed E-state index contributed by atoms with van der Waals surface area (Å²) in [5.41, 5.74) is 1.23. The zero-order valence-corrected chi connectivity index (χ0v) is 17.0. The Morgan fingerprint density at radius 1 is 1.06 bits per heavy atom. The van der Waals surface area contributed by atoms with Crippen molar-refractivity contribution in [1.29, 1.82) is 0 Å². The van der Waals surface area contributed by atoms with Crippen molar-refractivity contribution in [2.75, 3.05) is 0 Å². The van der Waals surface area contributed by atoms with Crippen LogP contribution < -0.4 is 4.74 Å². The number of nitro groups is 1. The van der Waals surface area contributed by atoms with E-state index in [-0.39, 0.29) is 28.6 Å². The van der Waals surface area contributed by atoms with Crippen LogP contribution in [0.2, 0.25) is 5.02 Å². The van der Waals surface area contributed by atoms with Crippen LogP contribution in [0.25, 0.3) is 6.08 Å². The number of hydrogen-bond acceptors (Lipinski definition) is 7. The van der Waals surface area contributed by atoms with Gasteiger partial charge in [-0.15, -0.1) is 0 Å². The molecule has 1 aliphatic rings. The van der Waals surface area contributed by atoms with Gasteiger partial charge < -0.3 is 9.47 Å². The van der Waals surface area contributed by atoms with Crippen LogP contribution in [0.3, 0.4) is 0 Å². The number of hydrogen-bond donors (Lipinski definition) is 0. The molecule has 0 aliphatic carbocycles. The van der Waals surface area contributed by atoms with Gasteiger partial charge in [-0.25, -0.2) is 14.6 Å². The van der Waals surface area contributed by atoms with Crippen molar-refractivity contribution in [1.82, 2.24) is 0 Å². The average molecular weight is 449 g/mol. The highest BCUT2D eigenvalue weighted by molar-refractivity contribution is 6.30. The van der Waals surface area contributed by atoms with Crippen molar-refractivity contribution in [3.05, 3.63) is 110 Å². The molecule has 0 amide bonds. The van der Waals surface area contributed by atoms with Gasteiger partial charge >= 0.3 is 11.9 Å². The first-order valence-electron chi connectivity index (χ1n) is 9.24. The minimum atomic E-state index is -0.726. The van der Waals surface area contributed by atoms with Gasteiger partial charge in [-0.05, 0) is 54.1 Å². The second-order valence-corrected chi connectivity index (χ2v) is 7.05. The molecule has 32 heavy (non-hydrogen) atoms. The Kier molecular flexibility index (Phi) is 5.78. The SMILES string of the molecule is O=C1OC(c2ccc(Cl)cc2)=NC1=Cc1ccc(OC(=O)c2cccc([N+](=O)[O-])c2)cc1. The average Bonchev–Trinajstić information content (AvgIpc) is 3.15. The second-order valence-electron chi connectivity index (χ2n) is 6.61. The molecule has 1 heterocycles. The lowest BCUT2D eigenvalue weighted by Crippen LogP contribution is -2.08. The van der Waals surface area contributed by atoms with Crippen molar-refractivity contribution in [2.45, 2.75) is 0 Å². The van der Waals surface area contributed by atoms with Gasteiger partial charge in [-0.1, -0.05) is 29.8 Å². The van der Waals surface area contributed by atoms with Crippen LogP contribution in [0, 0.1) is 10.1 Å². The molecule has 4 rings (SSSR count). The van der Waals surface area contributed by atoms with Gasteiger partial charge in [-0.2, -0.15) is 0 Å². The highest BCUT2D eigenvalue weighted by Gasteiger charge is 2.24. The van der Waals surface area contributed by atoms with E-state index in [9.17, 15) is 19.7 Å². The van der Waals surface area contributed by atoms with Gasteiger partial charge in [0.05, 0.1) is 10.5 Å². The quantitative estimate of drug-likeness (QED) is 0.182. The van der Waals surface area contributed by atoms with Crippen LogP contribution in [0.5, 0.6) is 5.75 Å². The Balaban J connectivity index is 1.48. The van der Waals surface area contributed by atoms with Gasteiger partial charge in [0.1, 0.15) is 5.75 Å². The molecule has 0 aromatic heterocycles. The van der Waals surface area contributed by atoms with Crippen molar-refractivity contribution in [2.24, 2.45) is 4.99 Å². The molecule has 158 valence electrons. The van der Waals surface area contributed by atoms with Crippen LogP contribution in [0.1, 0.15) is 21.5 Å². The predicted molar refractivity (Wildman–Crippen MR) is 117 cm³/mol. The number of aliphatic imine (C=N–C) groups is 1. The molecule has 3 aromatic rings. The van der Waals surface area contributed by atoms with Gasteiger partial charge in [0.2, 0.25) is 5.90 Å². The molecule has 0 spiro atoms. The van der Waals surface area contributed by atoms with Crippen LogP contribution in [0.15, 0.2) is 83.5 Å². The topological polar surface area (TPSA) is 108 Å². The molecule has 9 heteroatoms. The highest BCUT2D eigenvalue weighted by atomic mass is 35.5. The van der Waals surface area contributed by atoms with Gasteiger partial charge in [-0.3, -0.25) is 10.1 Å². The van der Waals surface area contributed by atoms with Gasteiger partial charge in [0.15, 0.2) is 5.70 Å². The van der Waals surface area contributed by atoms with Gasteiger partial charge in [0, 0.05) is 22.7 Å². The molecule has 0 N–H and O–H groups in total. The third-order valence-corrected chi connectivity index (χ3v) is 4.65. The molecule has 0 radical (unpaired) electrons. The molecular formula is C23H13ClN2O6. The Hall–Kier alpha value is -4.30. The smallest absolute Gasteiger partial charge is 0.363 e. The number of ether oxygens (including phenoxy) is 2. The molecule has 0 saturated carbocycles.